The molecule has 1 aliphatic rings. The molecule has 0 aliphatic heterocycles. The molecule has 0 saturated heterocycles. The number of nitrogens with one attached hydrogen (secondary N) is 1. The van der Waals surface area contributed by atoms with Crippen LogP contribution in [0, 0.1) is 0 Å². The van der Waals surface area contributed by atoms with Crippen LogP contribution < -0.4 is 5.32 Å². The van der Waals surface area contributed by atoms with Gasteiger partial charge in [-0.25, -0.2) is 4.98 Å². The molecular formula is C18H19N5O. The summed E-state index contributed by atoms with van der Waals surface area (Å²) in [6.07, 6.45) is 9.43. The smallest absolute Gasteiger partial charge is 0.255 e. The van der Waals surface area contributed by atoms with Gasteiger partial charge in [-0.2, -0.15) is 0 Å². The highest BCUT2D eigenvalue weighted by Gasteiger charge is 2.17. The van der Waals surface area contributed by atoms with Crippen molar-refractivity contribution in [1.82, 2.24) is 24.9 Å². The highest BCUT2D eigenvalue weighted by atomic mass is 16.1. The molecule has 6 heteroatoms. The molecule has 2 aromatic heterocycles. The quantitative estimate of drug-likeness (QED) is 0.805. The Balaban J connectivity index is 1.53. The summed E-state index contributed by atoms with van der Waals surface area (Å²) in [7, 11) is 0. The van der Waals surface area contributed by atoms with Crippen LogP contribution in [-0.4, -0.2) is 31.5 Å². The number of rotatable bonds is 3. The predicted octanol–water partition coefficient (Wildman–Crippen LogP) is 2.85. The molecule has 6 nitrogen and oxygen atoms in total. The number of aromatic nitrogens is 4. The van der Waals surface area contributed by atoms with Crippen LogP contribution in [-0.2, 0) is 0 Å². The lowest BCUT2D eigenvalue weighted by Crippen LogP contribution is -2.36. The summed E-state index contributed by atoms with van der Waals surface area (Å²) >= 11 is 0. The first kappa shape index (κ1) is 14.8. The molecule has 0 spiro atoms. The highest BCUT2D eigenvalue weighted by Crippen LogP contribution is 2.20. The Kier molecular flexibility index (Phi) is 3.94. The van der Waals surface area contributed by atoms with E-state index in [0.717, 1.165) is 24.2 Å². The third-order valence-electron chi connectivity index (χ3n) is 4.53. The first-order valence-corrected chi connectivity index (χ1v) is 8.38. The molecule has 0 atom stereocenters. The first-order valence-electron chi connectivity index (χ1n) is 8.38. The van der Waals surface area contributed by atoms with Crippen molar-refractivity contribution in [2.75, 3.05) is 0 Å². The van der Waals surface area contributed by atoms with Crippen molar-refractivity contribution in [3.8, 4) is 11.4 Å². The van der Waals surface area contributed by atoms with Crippen molar-refractivity contribution in [3.63, 3.8) is 0 Å². The van der Waals surface area contributed by atoms with Gasteiger partial charge in [0.15, 0.2) is 5.82 Å². The lowest BCUT2D eigenvalue weighted by molar-refractivity contribution is 0.0927. The van der Waals surface area contributed by atoms with Crippen LogP contribution in [0.2, 0.25) is 0 Å². The Bertz CT molecular complexity index is 849. The van der Waals surface area contributed by atoms with Crippen molar-refractivity contribution in [2.24, 2.45) is 0 Å². The minimum atomic E-state index is 0.00113. The fourth-order valence-electron chi connectivity index (χ4n) is 3.23. The van der Waals surface area contributed by atoms with Crippen LogP contribution in [0.3, 0.4) is 0 Å². The fourth-order valence-corrected chi connectivity index (χ4v) is 3.23. The molecule has 0 bridgehead atoms. The molecule has 4 rings (SSSR count). The third-order valence-corrected chi connectivity index (χ3v) is 4.53. The van der Waals surface area contributed by atoms with E-state index in [1.165, 1.54) is 19.3 Å². The second kappa shape index (κ2) is 6.39. The maximum Gasteiger partial charge on any atom is 0.255 e. The van der Waals surface area contributed by atoms with Gasteiger partial charge in [0.05, 0.1) is 0 Å². The van der Waals surface area contributed by atoms with Gasteiger partial charge in [0.1, 0.15) is 0 Å². The number of hydrogen-bond acceptors (Lipinski definition) is 4. The maximum atomic E-state index is 12.4. The van der Waals surface area contributed by atoms with E-state index < -0.39 is 0 Å². The molecule has 1 fully saturated rings. The van der Waals surface area contributed by atoms with Gasteiger partial charge < -0.3 is 5.32 Å². The second-order valence-electron chi connectivity index (χ2n) is 6.20. The van der Waals surface area contributed by atoms with Crippen molar-refractivity contribution in [2.45, 2.75) is 38.1 Å². The average Bonchev–Trinajstić information content (AvgIpc) is 3.07. The lowest BCUT2D eigenvalue weighted by atomic mass is 9.95. The lowest BCUT2D eigenvalue weighted by Gasteiger charge is -2.22. The normalized spacial score (nSPS) is 15.5. The topological polar surface area (TPSA) is 72.2 Å². The fraction of sp³-hybridized carbons (Fsp3) is 0.333. The van der Waals surface area contributed by atoms with Crippen LogP contribution in [0.15, 0.2) is 42.7 Å². The minimum Gasteiger partial charge on any atom is -0.349 e. The molecule has 2 heterocycles. The summed E-state index contributed by atoms with van der Waals surface area (Å²) in [5.41, 5.74) is 1.58. The van der Waals surface area contributed by atoms with Crippen LogP contribution >= 0.6 is 0 Å². The van der Waals surface area contributed by atoms with Crippen molar-refractivity contribution < 1.29 is 4.79 Å². The number of carbonyl (C=O) groups excluding carboxylic acids is 1. The molecule has 1 saturated carbocycles. The zero-order valence-corrected chi connectivity index (χ0v) is 13.4. The van der Waals surface area contributed by atoms with Gasteiger partial charge in [0, 0.05) is 29.6 Å². The molecular weight excluding hydrogens is 302 g/mol. The molecule has 3 aromatic rings. The van der Waals surface area contributed by atoms with E-state index in [2.05, 4.69) is 20.5 Å². The van der Waals surface area contributed by atoms with E-state index in [1.54, 1.807) is 6.20 Å². The standard InChI is InChI=1S/C18H19N5O/c24-17(20-15-5-2-1-3-6-15)14-9-7-13(8-10-14)16-21-22-18-19-11-4-12-23(16)18/h4,7-12,15H,1-3,5-6H2,(H,20,24). The summed E-state index contributed by atoms with van der Waals surface area (Å²) < 4.78 is 1.83. The second-order valence-corrected chi connectivity index (χ2v) is 6.20. The number of nitrogens with zero attached hydrogens (tertiary/aromatic N) is 4. The predicted molar refractivity (Wildman–Crippen MR) is 90.6 cm³/mol. The third kappa shape index (κ3) is 2.87. The minimum absolute atomic E-state index is 0.00113. The van der Waals surface area contributed by atoms with Gasteiger partial charge >= 0.3 is 0 Å². The van der Waals surface area contributed by atoms with Crippen molar-refractivity contribution in [1.29, 1.82) is 0 Å². The van der Waals surface area contributed by atoms with Crippen LogP contribution in [0.4, 0.5) is 0 Å². The average molecular weight is 321 g/mol. The zero-order valence-electron chi connectivity index (χ0n) is 13.4. The van der Waals surface area contributed by atoms with Crippen molar-refractivity contribution in [3.05, 3.63) is 48.3 Å². The zero-order chi connectivity index (χ0) is 16.4. The van der Waals surface area contributed by atoms with E-state index in [0.29, 0.717) is 17.4 Å². The van der Waals surface area contributed by atoms with Crippen molar-refractivity contribution >= 4 is 11.7 Å². The number of fused-ring (bicyclic) bond motifs is 1. The monoisotopic (exact) mass is 321 g/mol. The summed E-state index contributed by atoms with van der Waals surface area (Å²) in [4.78, 5) is 16.5. The van der Waals surface area contributed by atoms with Crippen LogP contribution in [0.1, 0.15) is 42.5 Å². The Labute approximate surface area is 139 Å². The summed E-state index contributed by atoms with van der Waals surface area (Å²) in [6.45, 7) is 0. The van der Waals surface area contributed by atoms with E-state index in [4.69, 9.17) is 0 Å². The molecule has 1 aromatic carbocycles. The molecule has 1 N–H and O–H groups in total. The Hall–Kier alpha value is -2.76. The summed E-state index contributed by atoms with van der Waals surface area (Å²) in [5, 5.41) is 11.4. The van der Waals surface area contributed by atoms with Gasteiger partial charge in [-0.3, -0.25) is 9.20 Å². The van der Waals surface area contributed by atoms with Gasteiger partial charge in [-0.15, -0.1) is 10.2 Å². The maximum absolute atomic E-state index is 12.4. The Morgan fingerprint density at radius 2 is 1.88 bits per heavy atom. The number of amides is 1. The Morgan fingerprint density at radius 3 is 2.67 bits per heavy atom. The van der Waals surface area contributed by atoms with Gasteiger partial charge in [0.2, 0.25) is 0 Å². The summed E-state index contributed by atoms with van der Waals surface area (Å²) in [5.74, 6) is 1.28. The SMILES string of the molecule is O=C(NC1CCCCC1)c1ccc(-c2nnc3ncccn23)cc1. The molecule has 1 amide bonds. The van der Waals surface area contributed by atoms with E-state index >= 15 is 0 Å². The summed E-state index contributed by atoms with van der Waals surface area (Å²) in [6, 6.07) is 9.64. The number of carbonyl (C=O) groups is 1. The number of benzene rings is 1. The van der Waals surface area contributed by atoms with E-state index in [9.17, 15) is 4.79 Å². The van der Waals surface area contributed by atoms with Gasteiger partial charge in [0.25, 0.3) is 11.7 Å². The molecule has 0 unspecified atom stereocenters. The highest BCUT2D eigenvalue weighted by molar-refractivity contribution is 5.94. The molecule has 0 radical (unpaired) electrons. The molecule has 122 valence electrons. The first-order chi connectivity index (χ1) is 11.8. The molecule has 24 heavy (non-hydrogen) atoms. The largest absolute Gasteiger partial charge is 0.349 e. The van der Waals surface area contributed by atoms with Gasteiger partial charge in [-0.05, 0) is 31.0 Å². The van der Waals surface area contributed by atoms with Crippen LogP contribution in [0.5, 0.6) is 0 Å². The van der Waals surface area contributed by atoms with Crippen LogP contribution in [0.25, 0.3) is 17.2 Å². The van der Waals surface area contributed by atoms with E-state index in [1.807, 2.05) is 40.9 Å². The number of hydrogen-bond donors (Lipinski definition) is 1. The molecule has 1 aliphatic carbocycles. The Morgan fingerprint density at radius 1 is 1.08 bits per heavy atom. The van der Waals surface area contributed by atoms with Gasteiger partial charge in [-0.1, -0.05) is 31.4 Å². The van der Waals surface area contributed by atoms with E-state index in [-0.39, 0.29) is 5.91 Å².